The van der Waals surface area contributed by atoms with Gasteiger partial charge in [-0.25, -0.2) is 9.97 Å². The van der Waals surface area contributed by atoms with Gasteiger partial charge in [-0.15, -0.1) is 0 Å². The first-order valence-electron chi connectivity index (χ1n) is 10.5. The van der Waals surface area contributed by atoms with Gasteiger partial charge in [0.05, 0.1) is 23.0 Å². The number of hydrogen-bond donors (Lipinski definition) is 2. The molecule has 2 aromatic rings. The van der Waals surface area contributed by atoms with E-state index in [1.165, 1.54) is 11.8 Å². The Balaban J connectivity index is 1.27. The summed E-state index contributed by atoms with van der Waals surface area (Å²) in [4.78, 5) is 16.6. The molecule has 1 saturated carbocycles. The van der Waals surface area contributed by atoms with Crippen LogP contribution < -0.4 is 16.4 Å². The van der Waals surface area contributed by atoms with Gasteiger partial charge in [-0.1, -0.05) is 23.4 Å². The summed E-state index contributed by atoms with van der Waals surface area (Å²) in [5.74, 6) is 1.78. The van der Waals surface area contributed by atoms with Crippen molar-refractivity contribution in [1.29, 1.82) is 0 Å². The minimum Gasteiger partial charge on any atom is -0.381 e. The van der Waals surface area contributed by atoms with E-state index in [0.29, 0.717) is 27.9 Å². The van der Waals surface area contributed by atoms with E-state index in [0.717, 1.165) is 61.8 Å². The number of nitrogens with two attached hydrogens (primary N) is 2. The predicted molar refractivity (Wildman–Crippen MR) is 119 cm³/mol. The number of fused-ring (bicyclic) bond motifs is 1. The third-order valence-corrected chi connectivity index (χ3v) is 8.76. The number of piperidine rings is 1. The van der Waals surface area contributed by atoms with Gasteiger partial charge in [-0.2, -0.15) is 0 Å². The number of nitrogen functional groups attached to an aromatic ring is 1. The molecule has 9 heteroatoms. The number of nitrogens with zero attached hydrogens (tertiary/aromatic N) is 4. The molecular weight excluding hydrogens is 420 g/mol. The van der Waals surface area contributed by atoms with E-state index in [2.05, 4.69) is 19.9 Å². The second kappa shape index (κ2) is 7.82. The van der Waals surface area contributed by atoms with Gasteiger partial charge in [-0.3, -0.25) is 4.98 Å². The molecule has 3 unspecified atom stereocenters. The van der Waals surface area contributed by atoms with Crippen molar-refractivity contribution in [3.05, 3.63) is 29.2 Å². The van der Waals surface area contributed by atoms with Gasteiger partial charge in [0.25, 0.3) is 0 Å². The first-order valence-corrected chi connectivity index (χ1v) is 11.7. The van der Waals surface area contributed by atoms with Crippen LogP contribution in [0.2, 0.25) is 5.02 Å². The molecule has 0 radical (unpaired) electrons. The molecule has 0 amide bonds. The average Bonchev–Trinajstić information content (AvgIpc) is 3.29. The highest BCUT2D eigenvalue weighted by Gasteiger charge is 2.54. The van der Waals surface area contributed by atoms with Gasteiger partial charge in [-0.05, 0) is 44.1 Å². The summed E-state index contributed by atoms with van der Waals surface area (Å²) in [6, 6.07) is 2.11. The monoisotopic (exact) mass is 446 g/mol. The third kappa shape index (κ3) is 3.43. The molecule has 160 valence electrons. The number of halogens is 1. The summed E-state index contributed by atoms with van der Waals surface area (Å²) in [6.07, 6.45) is 8.25. The standard InChI is InChI=1S/C21H27ClN6OS/c1-12-17(22)15(2-6-25-12)30-20-19(24)27-16(11-26-20)28-7-4-21(5-8-28)10-14-13(18(21)23)3-9-29-14/h2,6,11,13-14,18H,3-5,7-10,23H2,1H3,(H2,24,27). The zero-order chi connectivity index (χ0) is 20.9. The molecule has 4 heterocycles. The van der Waals surface area contributed by atoms with E-state index < -0.39 is 0 Å². The largest absolute Gasteiger partial charge is 0.381 e. The SMILES string of the molecule is Cc1nccc(Sc2ncc(N3CCC4(CC3)CC3OCCC3C4N)nc2N)c1Cl. The van der Waals surface area contributed by atoms with E-state index in [9.17, 15) is 0 Å². The lowest BCUT2D eigenvalue weighted by atomic mass is 9.73. The molecule has 7 nitrogen and oxygen atoms in total. The molecule has 3 fully saturated rings. The Hall–Kier alpha value is -1.61. The number of rotatable bonds is 3. The fourth-order valence-corrected chi connectivity index (χ4v) is 6.37. The lowest BCUT2D eigenvalue weighted by Crippen LogP contribution is -2.49. The Labute approximate surface area is 185 Å². The van der Waals surface area contributed by atoms with Gasteiger partial charge in [0.2, 0.25) is 0 Å². The van der Waals surface area contributed by atoms with Gasteiger partial charge < -0.3 is 21.1 Å². The second-order valence-corrected chi connectivity index (χ2v) is 10.1. The van der Waals surface area contributed by atoms with Crippen LogP contribution >= 0.6 is 23.4 Å². The van der Waals surface area contributed by atoms with Crippen molar-refractivity contribution >= 4 is 35.0 Å². The lowest BCUT2D eigenvalue weighted by Gasteiger charge is -2.43. The van der Waals surface area contributed by atoms with Crippen LogP contribution in [0, 0.1) is 18.3 Å². The minimum absolute atomic E-state index is 0.205. The topological polar surface area (TPSA) is 103 Å². The maximum atomic E-state index is 6.69. The van der Waals surface area contributed by atoms with Gasteiger partial charge in [0.15, 0.2) is 5.82 Å². The molecule has 0 aromatic carbocycles. The van der Waals surface area contributed by atoms with Crippen molar-refractivity contribution in [1.82, 2.24) is 15.0 Å². The van der Waals surface area contributed by atoms with Crippen LogP contribution in [-0.2, 0) is 4.74 Å². The van der Waals surface area contributed by atoms with Crippen molar-refractivity contribution in [2.24, 2.45) is 17.1 Å². The number of ether oxygens (including phenoxy) is 1. The Bertz CT molecular complexity index is 951. The molecule has 1 spiro atoms. The number of aryl methyl sites for hydroxylation is 1. The Morgan fingerprint density at radius 3 is 2.83 bits per heavy atom. The van der Waals surface area contributed by atoms with Crippen LogP contribution in [0.3, 0.4) is 0 Å². The average molecular weight is 447 g/mol. The van der Waals surface area contributed by atoms with Crippen molar-refractivity contribution in [2.45, 2.75) is 54.7 Å². The second-order valence-electron chi connectivity index (χ2n) is 8.67. The maximum absolute atomic E-state index is 6.69. The zero-order valence-corrected chi connectivity index (χ0v) is 18.6. The van der Waals surface area contributed by atoms with E-state index in [1.54, 1.807) is 6.20 Å². The van der Waals surface area contributed by atoms with Gasteiger partial charge >= 0.3 is 0 Å². The van der Waals surface area contributed by atoms with Crippen molar-refractivity contribution in [3.8, 4) is 0 Å². The van der Waals surface area contributed by atoms with Crippen molar-refractivity contribution in [2.75, 3.05) is 30.3 Å². The molecule has 2 aromatic heterocycles. The third-order valence-electron chi connectivity index (χ3n) is 7.11. The molecule has 5 rings (SSSR count). The van der Waals surface area contributed by atoms with E-state index in [4.69, 9.17) is 27.8 Å². The van der Waals surface area contributed by atoms with Crippen LogP contribution in [0.1, 0.15) is 31.4 Å². The zero-order valence-electron chi connectivity index (χ0n) is 17.1. The highest BCUT2D eigenvalue weighted by molar-refractivity contribution is 7.99. The maximum Gasteiger partial charge on any atom is 0.158 e. The number of anilines is 2. The molecule has 30 heavy (non-hydrogen) atoms. The highest BCUT2D eigenvalue weighted by atomic mass is 35.5. The van der Waals surface area contributed by atoms with E-state index in [-0.39, 0.29) is 11.5 Å². The molecule has 4 N–H and O–H groups in total. The van der Waals surface area contributed by atoms with Crippen molar-refractivity contribution in [3.63, 3.8) is 0 Å². The molecule has 2 aliphatic heterocycles. The Morgan fingerprint density at radius 2 is 2.10 bits per heavy atom. The Kier molecular flexibility index (Phi) is 5.29. The summed E-state index contributed by atoms with van der Waals surface area (Å²) in [7, 11) is 0. The van der Waals surface area contributed by atoms with Gasteiger partial charge in [0, 0.05) is 42.7 Å². The summed E-state index contributed by atoms with van der Waals surface area (Å²) >= 11 is 7.77. The minimum atomic E-state index is 0.205. The molecule has 3 atom stereocenters. The summed E-state index contributed by atoms with van der Waals surface area (Å²) in [6.45, 7) is 4.59. The normalized spacial score (nSPS) is 27.6. The van der Waals surface area contributed by atoms with Crippen LogP contribution in [0.5, 0.6) is 0 Å². The Morgan fingerprint density at radius 1 is 1.30 bits per heavy atom. The van der Waals surface area contributed by atoms with Crippen LogP contribution in [0.4, 0.5) is 11.6 Å². The smallest absolute Gasteiger partial charge is 0.158 e. The number of pyridine rings is 1. The highest BCUT2D eigenvalue weighted by Crippen LogP contribution is 2.52. The molecule has 1 aliphatic carbocycles. The fraction of sp³-hybridized carbons (Fsp3) is 0.571. The van der Waals surface area contributed by atoms with Crippen molar-refractivity contribution < 1.29 is 4.74 Å². The van der Waals surface area contributed by atoms with Crippen LogP contribution in [-0.4, -0.2) is 46.8 Å². The first-order chi connectivity index (χ1) is 14.5. The van der Waals surface area contributed by atoms with Crippen LogP contribution in [0.25, 0.3) is 0 Å². The number of hydrogen-bond acceptors (Lipinski definition) is 8. The summed E-state index contributed by atoms with van der Waals surface area (Å²) in [5, 5.41) is 1.28. The molecule has 0 bridgehead atoms. The molecule has 3 aliphatic rings. The quantitative estimate of drug-likeness (QED) is 0.740. The summed E-state index contributed by atoms with van der Waals surface area (Å²) in [5.41, 5.74) is 13.9. The fourth-order valence-electron chi connectivity index (χ4n) is 5.32. The predicted octanol–water partition coefficient (Wildman–Crippen LogP) is 3.29. The first kappa shape index (κ1) is 20.3. The molecular formula is C21H27ClN6OS. The molecule has 2 saturated heterocycles. The number of aromatic nitrogens is 3. The summed E-state index contributed by atoms with van der Waals surface area (Å²) < 4.78 is 5.93. The van der Waals surface area contributed by atoms with E-state index in [1.807, 2.05) is 19.2 Å². The van der Waals surface area contributed by atoms with Gasteiger partial charge in [0.1, 0.15) is 10.8 Å². The lowest BCUT2D eigenvalue weighted by molar-refractivity contribution is 0.0803. The van der Waals surface area contributed by atoms with E-state index >= 15 is 0 Å². The van der Waals surface area contributed by atoms with Crippen LogP contribution in [0.15, 0.2) is 28.4 Å².